The van der Waals surface area contributed by atoms with E-state index in [9.17, 15) is 9.59 Å². The van der Waals surface area contributed by atoms with Gasteiger partial charge in [-0.25, -0.2) is 19.7 Å². The Balaban J connectivity index is 1.84. The molecule has 110 valence electrons. The lowest BCUT2D eigenvalue weighted by Gasteiger charge is -2.21. The van der Waals surface area contributed by atoms with Crippen LogP contribution in [0.4, 0.5) is 5.82 Å². The number of aliphatic carboxylic acids is 1. The Morgan fingerprint density at radius 2 is 2.19 bits per heavy atom. The third-order valence-electron chi connectivity index (χ3n) is 3.59. The summed E-state index contributed by atoms with van der Waals surface area (Å²) in [6.07, 6.45) is 3.94. The van der Waals surface area contributed by atoms with E-state index in [1.54, 1.807) is 4.57 Å². The second-order valence-electron chi connectivity index (χ2n) is 4.89. The fraction of sp³-hybridized carbons (Fsp3) is 0.417. The number of rotatable bonds is 3. The monoisotopic (exact) mass is 290 g/mol. The first-order valence-corrected chi connectivity index (χ1v) is 6.51. The van der Waals surface area contributed by atoms with E-state index in [1.165, 1.54) is 17.6 Å². The van der Waals surface area contributed by atoms with Crippen molar-refractivity contribution in [1.29, 1.82) is 0 Å². The topological polar surface area (TPSA) is 127 Å². The third kappa shape index (κ3) is 2.26. The van der Waals surface area contributed by atoms with Gasteiger partial charge in [-0.2, -0.15) is 0 Å². The summed E-state index contributed by atoms with van der Waals surface area (Å²) in [6.45, 7) is 0.441. The molecule has 0 spiro atoms. The predicted molar refractivity (Wildman–Crippen MR) is 72.1 cm³/mol. The van der Waals surface area contributed by atoms with Crippen LogP contribution in [0, 0.1) is 0 Å². The van der Waals surface area contributed by atoms with Gasteiger partial charge in [0.15, 0.2) is 11.5 Å². The summed E-state index contributed by atoms with van der Waals surface area (Å²) in [5.74, 6) is -0.991. The predicted octanol–water partition coefficient (Wildman–Crippen LogP) is -0.516. The van der Waals surface area contributed by atoms with Crippen LogP contribution in [0.2, 0.25) is 0 Å². The molecule has 1 saturated heterocycles. The molecule has 3 rings (SSSR count). The number of imidazole rings is 1. The van der Waals surface area contributed by atoms with Crippen LogP contribution in [0.5, 0.6) is 0 Å². The number of anilines is 1. The highest BCUT2D eigenvalue weighted by Gasteiger charge is 2.33. The highest BCUT2D eigenvalue weighted by molar-refractivity contribution is 5.86. The molecule has 21 heavy (non-hydrogen) atoms. The first-order valence-electron chi connectivity index (χ1n) is 6.51. The summed E-state index contributed by atoms with van der Waals surface area (Å²) >= 11 is 0. The lowest BCUT2D eigenvalue weighted by Crippen LogP contribution is -2.42. The Hall–Kier alpha value is -2.71. The molecule has 9 nitrogen and oxygen atoms in total. The molecule has 1 unspecified atom stereocenters. The van der Waals surface area contributed by atoms with E-state index in [-0.39, 0.29) is 18.3 Å². The molecule has 3 heterocycles. The smallest absolute Gasteiger partial charge is 0.326 e. The van der Waals surface area contributed by atoms with Crippen LogP contribution in [-0.4, -0.2) is 54.0 Å². The molecule has 0 aromatic carbocycles. The van der Waals surface area contributed by atoms with E-state index in [2.05, 4.69) is 15.0 Å². The van der Waals surface area contributed by atoms with Crippen LogP contribution >= 0.6 is 0 Å². The largest absolute Gasteiger partial charge is 0.480 e. The molecule has 2 aromatic rings. The Labute approximate surface area is 119 Å². The van der Waals surface area contributed by atoms with Crippen molar-refractivity contribution < 1.29 is 14.7 Å². The molecular formula is C12H14N6O3. The zero-order chi connectivity index (χ0) is 15.0. The average molecular weight is 290 g/mol. The number of nitrogens with two attached hydrogens (primary N) is 1. The van der Waals surface area contributed by atoms with Gasteiger partial charge in [0.05, 0.1) is 6.33 Å². The fourth-order valence-corrected chi connectivity index (χ4v) is 2.57. The van der Waals surface area contributed by atoms with Gasteiger partial charge < -0.3 is 20.3 Å². The van der Waals surface area contributed by atoms with Gasteiger partial charge in [-0.15, -0.1) is 0 Å². The minimum atomic E-state index is -0.970. The highest BCUT2D eigenvalue weighted by atomic mass is 16.4. The van der Waals surface area contributed by atoms with Gasteiger partial charge in [0.1, 0.15) is 24.4 Å². The Morgan fingerprint density at radius 3 is 2.95 bits per heavy atom. The molecule has 2 aromatic heterocycles. The molecule has 3 N–H and O–H groups in total. The second-order valence-corrected chi connectivity index (χ2v) is 4.89. The minimum absolute atomic E-state index is 0.0171. The normalized spacial score (nSPS) is 18.3. The number of aromatic nitrogens is 4. The molecule has 1 atom stereocenters. The molecule has 9 heteroatoms. The highest BCUT2D eigenvalue weighted by Crippen LogP contribution is 2.19. The van der Waals surface area contributed by atoms with Gasteiger partial charge >= 0.3 is 5.97 Å². The van der Waals surface area contributed by atoms with E-state index in [0.717, 1.165) is 0 Å². The van der Waals surface area contributed by atoms with Gasteiger partial charge in [0, 0.05) is 6.54 Å². The molecule has 0 bridgehead atoms. The van der Waals surface area contributed by atoms with Crippen LogP contribution in [0.25, 0.3) is 11.2 Å². The number of nitrogens with zero attached hydrogens (tertiary/aromatic N) is 5. The average Bonchev–Trinajstić information content (AvgIpc) is 3.06. The molecule has 0 radical (unpaired) electrons. The van der Waals surface area contributed by atoms with Crippen molar-refractivity contribution in [2.45, 2.75) is 25.4 Å². The molecule has 0 aliphatic carbocycles. The van der Waals surface area contributed by atoms with Crippen molar-refractivity contribution in [3.63, 3.8) is 0 Å². The zero-order valence-electron chi connectivity index (χ0n) is 11.1. The van der Waals surface area contributed by atoms with Crippen LogP contribution < -0.4 is 5.73 Å². The summed E-state index contributed by atoms with van der Waals surface area (Å²) in [7, 11) is 0. The van der Waals surface area contributed by atoms with E-state index in [0.29, 0.717) is 30.6 Å². The summed E-state index contributed by atoms with van der Waals surface area (Å²) in [4.78, 5) is 36.8. The maximum Gasteiger partial charge on any atom is 0.326 e. The summed E-state index contributed by atoms with van der Waals surface area (Å²) in [6, 6.07) is -0.744. The van der Waals surface area contributed by atoms with Crippen molar-refractivity contribution in [2.24, 2.45) is 0 Å². The number of carboxylic acids is 1. The van der Waals surface area contributed by atoms with Gasteiger partial charge in [-0.1, -0.05) is 0 Å². The molecule has 1 amide bonds. The second kappa shape index (κ2) is 5.00. The van der Waals surface area contributed by atoms with Crippen molar-refractivity contribution in [3.05, 3.63) is 12.7 Å². The number of hydrogen-bond acceptors (Lipinski definition) is 6. The number of nitrogen functional groups attached to an aromatic ring is 1. The maximum atomic E-state index is 12.3. The van der Waals surface area contributed by atoms with E-state index < -0.39 is 12.0 Å². The minimum Gasteiger partial charge on any atom is -0.480 e. The summed E-state index contributed by atoms with van der Waals surface area (Å²) < 4.78 is 1.55. The Kier molecular flexibility index (Phi) is 3.16. The maximum absolute atomic E-state index is 12.3. The first kappa shape index (κ1) is 13.3. The number of carboxylic acid groups (broad SMARTS) is 1. The van der Waals surface area contributed by atoms with Crippen LogP contribution in [0.15, 0.2) is 12.7 Å². The van der Waals surface area contributed by atoms with Crippen molar-refractivity contribution >= 4 is 28.9 Å². The van der Waals surface area contributed by atoms with E-state index in [1.807, 2.05) is 0 Å². The standard InChI is InChI=1S/C12H14N6O3/c13-10-9-11(15-5-14-10)17(6-16-9)4-8(19)18-3-1-2-7(18)12(20)21/h5-7H,1-4H2,(H,20,21)(H2,13,14,15). The number of hydrogen-bond donors (Lipinski definition) is 2. The lowest BCUT2D eigenvalue weighted by molar-refractivity contribution is -0.148. The van der Waals surface area contributed by atoms with Crippen molar-refractivity contribution in [2.75, 3.05) is 12.3 Å². The number of fused-ring (bicyclic) bond motifs is 1. The number of amides is 1. The fourth-order valence-electron chi connectivity index (χ4n) is 2.57. The molecule has 1 fully saturated rings. The summed E-state index contributed by atoms with van der Waals surface area (Å²) in [5.41, 5.74) is 6.58. The molecule has 1 aliphatic rings. The molecule has 1 aliphatic heterocycles. The van der Waals surface area contributed by atoms with Gasteiger partial charge in [-0.3, -0.25) is 4.79 Å². The van der Waals surface area contributed by atoms with Crippen molar-refractivity contribution in [3.8, 4) is 0 Å². The van der Waals surface area contributed by atoms with Gasteiger partial charge in [0.2, 0.25) is 5.91 Å². The number of carbonyl (C=O) groups is 2. The van der Waals surface area contributed by atoms with Crippen LogP contribution in [-0.2, 0) is 16.1 Å². The molecular weight excluding hydrogens is 276 g/mol. The third-order valence-corrected chi connectivity index (χ3v) is 3.59. The quantitative estimate of drug-likeness (QED) is 0.778. The number of likely N-dealkylation sites (tertiary alicyclic amines) is 1. The van der Waals surface area contributed by atoms with Gasteiger partial charge in [-0.05, 0) is 12.8 Å². The Morgan fingerprint density at radius 1 is 1.38 bits per heavy atom. The van der Waals surface area contributed by atoms with Crippen LogP contribution in [0.3, 0.4) is 0 Å². The zero-order valence-corrected chi connectivity index (χ0v) is 11.1. The van der Waals surface area contributed by atoms with E-state index >= 15 is 0 Å². The van der Waals surface area contributed by atoms with Crippen LogP contribution in [0.1, 0.15) is 12.8 Å². The van der Waals surface area contributed by atoms with Gasteiger partial charge in [0.25, 0.3) is 0 Å². The first-order chi connectivity index (χ1) is 10.1. The number of carbonyl (C=O) groups excluding carboxylic acids is 1. The Bertz CT molecular complexity index is 712. The lowest BCUT2D eigenvalue weighted by atomic mass is 10.2. The SMILES string of the molecule is Nc1ncnc2c1ncn2CC(=O)N1CCCC1C(=O)O. The summed E-state index contributed by atoms with van der Waals surface area (Å²) in [5, 5.41) is 9.12. The van der Waals surface area contributed by atoms with E-state index in [4.69, 9.17) is 10.8 Å². The molecule has 0 saturated carbocycles. The van der Waals surface area contributed by atoms with Crippen molar-refractivity contribution in [1.82, 2.24) is 24.4 Å².